The molecule has 0 radical (unpaired) electrons. The van der Waals surface area contributed by atoms with Crippen LogP contribution < -0.4 is 20.5 Å². The minimum atomic E-state index is -0.805. The van der Waals surface area contributed by atoms with Gasteiger partial charge in [0.05, 0.1) is 26.9 Å². The largest absolute Gasteiger partial charge is 0.497 e. The molecule has 7 nitrogen and oxygen atoms in total. The second-order valence-electron chi connectivity index (χ2n) is 5.39. The molecule has 1 aromatic heterocycles. The average molecular weight is 472 g/mol. The Kier molecular flexibility index (Phi) is 9.74. The number of guanidine groups is 1. The zero-order valence-corrected chi connectivity index (χ0v) is 17.2. The number of hydrogen-bond acceptors (Lipinski definition) is 5. The van der Waals surface area contributed by atoms with Crippen molar-refractivity contribution in [2.45, 2.75) is 12.5 Å². The monoisotopic (exact) mass is 472 g/mol. The van der Waals surface area contributed by atoms with Gasteiger partial charge in [0, 0.05) is 30.9 Å². The molecular formula is C18H25IN4O3. The van der Waals surface area contributed by atoms with Crippen molar-refractivity contribution in [1.82, 2.24) is 10.3 Å². The maximum absolute atomic E-state index is 10.3. The number of nitrogens with zero attached hydrogens (tertiary/aromatic N) is 2. The van der Waals surface area contributed by atoms with E-state index in [1.165, 1.54) is 0 Å². The summed E-state index contributed by atoms with van der Waals surface area (Å²) >= 11 is 0. The topological polar surface area (TPSA) is 102 Å². The van der Waals surface area contributed by atoms with Gasteiger partial charge < -0.3 is 25.6 Å². The van der Waals surface area contributed by atoms with E-state index in [0.29, 0.717) is 23.6 Å². The van der Waals surface area contributed by atoms with Crippen molar-refractivity contribution in [3.05, 3.63) is 53.9 Å². The Hall–Kier alpha value is -2.07. The van der Waals surface area contributed by atoms with E-state index in [4.69, 9.17) is 15.2 Å². The first-order valence-electron chi connectivity index (χ1n) is 7.97. The van der Waals surface area contributed by atoms with Gasteiger partial charge in [-0.3, -0.25) is 9.98 Å². The lowest BCUT2D eigenvalue weighted by Gasteiger charge is -2.13. The van der Waals surface area contributed by atoms with Gasteiger partial charge in [0.2, 0.25) is 0 Å². The molecule has 142 valence electrons. The molecule has 0 bridgehead atoms. The predicted octanol–water partition coefficient (Wildman–Crippen LogP) is 1.90. The smallest absolute Gasteiger partial charge is 0.188 e. The Bertz CT molecular complexity index is 676. The van der Waals surface area contributed by atoms with Crippen molar-refractivity contribution in [1.29, 1.82) is 0 Å². The van der Waals surface area contributed by atoms with Gasteiger partial charge >= 0.3 is 0 Å². The molecule has 0 saturated heterocycles. The molecule has 0 saturated carbocycles. The summed E-state index contributed by atoms with van der Waals surface area (Å²) in [7, 11) is 3.12. The van der Waals surface area contributed by atoms with Gasteiger partial charge in [-0.2, -0.15) is 0 Å². The van der Waals surface area contributed by atoms with E-state index in [1.807, 2.05) is 18.2 Å². The summed E-state index contributed by atoms with van der Waals surface area (Å²) in [5.74, 6) is 1.50. The van der Waals surface area contributed by atoms with E-state index in [1.54, 1.807) is 38.6 Å². The molecule has 0 aliphatic rings. The second kappa shape index (κ2) is 11.5. The number of aliphatic imine (C=N–C) groups is 1. The number of halogens is 1. The van der Waals surface area contributed by atoms with E-state index in [2.05, 4.69) is 15.3 Å². The standard InChI is InChI=1S/C18H24N4O3.HI/c1-24-15-9-13(10-16(11-15)25-2)17(23)12-22-18(19)21-8-6-14-5-3-4-7-20-14;/h3-5,7,9-11,17,23H,6,8,12H2,1-2H3,(H3,19,21,22);1H. The third-order valence-electron chi connectivity index (χ3n) is 3.61. The first kappa shape index (κ1) is 22.0. The molecule has 0 amide bonds. The normalized spacial score (nSPS) is 12.0. The summed E-state index contributed by atoms with van der Waals surface area (Å²) in [5.41, 5.74) is 7.47. The van der Waals surface area contributed by atoms with Crippen molar-refractivity contribution in [3.8, 4) is 11.5 Å². The molecule has 0 aliphatic carbocycles. The highest BCUT2D eigenvalue weighted by molar-refractivity contribution is 14.0. The maximum Gasteiger partial charge on any atom is 0.188 e. The van der Waals surface area contributed by atoms with E-state index in [9.17, 15) is 5.11 Å². The van der Waals surface area contributed by atoms with Crippen LogP contribution in [0.2, 0.25) is 0 Å². The number of aromatic nitrogens is 1. The van der Waals surface area contributed by atoms with Crippen molar-refractivity contribution in [3.63, 3.8) is 0 Å². The molecule has 2 rings (SSSR count). The van der Waals surface area contributed by atoms with E-state index in [-0.39, 0.29) is 36.5 Å². The summed E-state index contributed by atoms with van der Waals surface area (Å²) in [4.78, 5) is 8.41. The maximum atomic E-state index is 10.3. The highest BCUT2D eigenvalue weighted by atomic mass is 127. The third kappa shape index (κ3) is 7.04. The number of aliphatic hydroxyl groups is 1. The molecule has 0 fully saturated rings. The van der Waals surface area contributed by atoms with Crippen LogP contribution in [0.4, 0.5) is 0 Å². The lowest BCUT2D eigenvalue weighted by molar-refractivity contribution is 0.186. The Labute approximate surface area is 170 Å². The summed E-state index contributed by atoms with van der Waals surface area (Å²) in [6.07, 6.45) is 1.69. The molecule has 1 unspecified atom stereocenters. The number of hydrogen-bond donors (Lipinski definition) is 3. The Morgan fingerprint density at radius 1 is 1.23 bits per heavy atom. The molecule has 0 aliphatic heterocycles. The van der Waals surface area contributed by atoms with Gasteiger partial charge in [0.1, 0.15) is 11.5 Å². The van der Waals surface area contributed by atoms with Crippen molar-refractivity contribution in [2.75, 3.05) is 27.3 Å². The van der Waals surface area contributed by atoms with Crippen molar-refractivity contribution in [2.24, 2.45) is 10.7 Å². The molecule has 26 heavy (non-hydrogen) atoms. The summed E-state index contributed by atoms with van der Waals surface area (Å²) in [6, 6.07) is 11.0. The fourth-order valence-electron chi connectivity index (χ4n) is 2.23. The molecular weight excluding hydrogens is 447 g/mol. The molecule has 1 heterocycles. The minimum Gasteiger partial charge on any atom is -0.497 e. The zero-order chi connectivity index (χ0) is 18.1. The summed E-state index contributed by atoms with van der Waals surface area (Å²) in [5, 5.41) is 13.3. The average Bonchev–Trinajstić information content (AvgIpc) is 2.66. The fourth-order valence-corrected chi connectivity index (χ4v) is 2.23. The van der Waals surface area contributed by atoms with Gasteiger partial charge in [0.25, 0.3) is 0 Å². The van der Waals surface area contributed by atoms with Gasteiger partial charge in [-0.05, 0) is 29.8 Å². The number of benzene rings is 1. The molecule has 1 atom stereocenters. The summed E-state index contributed by atoms with van der Waals surface area (Å²) in [6.45, 7) is 0.758. The number of ether oxygens (including phenoxy) is 2. The Morgan fingerprint density at radius 3 is 2.50 bits per heavy atom. The van der Waals surface area contributed by atoms with Gasteiger partial charge in [-0.25, -0.2) is 0 Å². The van der Waals surface area contributed by atoms with Crippen LogP contribution in [0.3, 0.4) is 0 Å². The Morgan fingerprint density at radius 2 is 1.92 bits per heavy atom. The fraction of sp³-hybridized carbons (Fsp3) is 0.333. The number of pyridine rings is 1. The van der Waals surface area contributed by atoms with Gasteiger partial charge in [-0.15, -0.1) is 24.0 Å². The molecule has 8 heteroatoms. The van der Waals surface area contributed by atoms with Crippen LogP contribution in [0.25, 0.3) is 0 Å². The predicted molar refractivity (Wildman–Crippen MR) is 112 cm³/mol. The van der Waals surface area contributed by atoms with Crippen LogP contribution in [-0.2, 0) is 6.42 Å². The molecule has 4 N–H and O–H groups in total. The van der Waals surface area contributed by atoms with Crippen LogP contribution in [0.5, 0.6) is 11.5 Å². The van der Waals surface area contributed by atoms with E-state index in [0.717, 1.165) is 12.1 Å². The van der Waals surface area contributed by atoms with Gasteiger partial charge in [0.15, 0.2) is 5.96 Å². The number of aliphatic hydroxyl groups excluding tert-OH is 1. The molecule has 0 spiro atoms. The third-order valence-corrected chi connectivity index (χ3v) is 3.61. The van der Waals surface area contributed by atoms with Crippen LogP contribution >= 0.6 is 24.0 Å². The van der Waals surface area contributed by atoms with Crippen molar-refractivity contribution < 1.29 is 14.6 Å². The van der Waals surface area contributed by atoms with Crippen LogP contribution in [0.15, 0.2) is 47.6 Å². The second-order valence-corrected chi connectivity index (χ2v) is 5.39. The van der Waals surface area contributed by atoms with E-state index >= 15 is 0 Å². The highest BCUT2D eigenvalue weighted by Gasteiger charge is 2.11. The SMILES string of the molecule is COc1cc(OC)cc(C(O)CN=C(N)NCCc2ccccn2)c1.I. The quantitative estimate of drug-likeness (QED) is 0.308. The lowest BCUT2D eigenvalue weighted by Crippen LogP contribution is -2.33. The first-order valence-corrected chi connectivity index (χ1v) is 7.97. The first-order chi connectivity index (χ1) is 12.1. The van der Waals surface area contributed by atoms with E-state index < -0.39 is 6.10 Å². The number of rotatable bonds is 8. The van der Waals surface area contributed by atoms with Gasteiger partial charge in [-0.1, -0.05) is 6.07 Å². The van der Waals surface area contributed by atoms with Crippen LogP contribution in [-0.4, -0.2) is 43.4 Å². The lowest BCUT2D eigenvalue weighted by atomic mass is 10.1. The highest BCUT2D eigenvalue weighted by Crippen LogP contribution is 2.26. The minimum absolute atomic E-state index is 0. The number of nitrogens with one attached hydrogen (secondary N) is 1. The Balaban J connectivity index is 0.00000338. The summed E-state index contributed by atoms with van der Waals surface area (Å²) < 4.78 is 10.4. The number of nitrogens with two attached hydrogens (primary N) is 1. The van der Waals surface area contributed by atoms with Crippen LogP contribution in [0, 0.1) is 0 Å². The van der Waals surface area contributed by atoms with Crippen molar-refractivity contribution >= 4 is 29.9 Å². The molecule has 1 aromatic carbocycles. The zero-order valence-electron chi connectivity index (χ0n) is 14.9. The number of methoxy groups -OCH3 is 2. The molecule has 2 aromatic rings. The van der Waals surface area contributed by atoms with Crippen LogP contribution in [0.1, 0.15) is 17.4 Å².